The molecule has 0 aliphatic carbocycles. The Hall–Kier alpha value is -2.54. The molecule has 0 N–H and O–H groups in total. The van der Waals surface area contributed by atoms with Crippen LogP contribution in [-0.2, 0) is 0 Å². The fourth-order valence-electron chi connectivity index (χ4n) is 1.27. The first-order valence-corrected chi connectivity index (χ1v) is 7.29. The Morgan fingerprint density at radius 3 is 1.65 bits per heavy atom. The van der Waals surface area contributed by atoms with Gasteiger partial charge in [0.25, 0.3) is 0 Å². The Balaban J connectivity index is 2.25. The van der Waals surface area contributed by atoms with Crippen molar-refractivity contribution in [2.24, 2.45) is 9.98 Å². The second-order valence-corrected chi connectivity index (χ2v) is 5.43. The lowest BCUT2D eigenvalue weighted by Gasteiger charge is -1.91. The number of thiophene rings is 2. The number of aliphatic imine (C=N–C) groups is 2. The van der Waals surface area contributed by atoms with E-state index in [-0.39, 0.29) is 11.4 Å². The van der Waals surface area contributed by atoms with Crippen molar-refractivity contribution in [1.82, 2.24) is 0 Å². The van der Waals surface area contributed by atoms with Gasteiger partial charge in [-0.25, -0.2) is 9.98 Å². The van der Waals surface area contributed by atoms with E-state index in [9.17, 15) is 0 Å². The minimum atomic E-state index is 0.00806. The molecule has 6 heteroatoms. The third kappa shape index (κ3) is 3.72. The molecule has 0 saturated carbocycles. The van der Waals surface area contributed by atoms with Gasteiger partial charge in [-0.3, -0.25) is 0 Å². The molecule has 0 saturated heterocycles. The predicted molar refractivity (Wildman–Crippen MR) is 82.1 cm³/mol. The van der Waals surface area contributed by atoms with Gasteiger partial charge in [-0.2, -0.15) is 10.5 Å². The molecular formula is C14H8N4S2. The SMILES string of the molecule is N#C/C(N=Cc1cccs1)=C(/C#N)N=Cc1cccs1. The highest BCUT2D eigenvalue weighted by molar-refractivity contribution is 7.12. The highest BCUT2D eigenvalue weighted by Gasteiger charge is 2.03. The normalized spacial score (nSPS) is 12.3. The van der Waals surface area contributed by atoms with Crippen LogP contribution in [-0.4, -0.2) is 12.4 Å². The van der Waals surface area contributed by atoms with Gasteiger partial charge in [-0.15, -0.1) is 22.7 Å². The zero-order valence-electron chi connectivity index (χ0n) is 10.2. The number of allylic oxidation sites excluding steroid dienone is 2. The van der Waals surface area contributed by atoms with Gasteiger partial charge >= 0.3 is 0 Å². The minimum absolute atomic E-state index is 0.00806. The van der Waals surface area contributed by atoms with Crippen molar-refractivity contribution in [2.75, 3.05) is 0 Å². The van der Waals surface area contributed by atoms with Crippen molar-refractivity contribution in [1.29, 1.82) is 10.5 Å². The number of hydrogen-bond acceptors (Lipinski definition) is 6. The molecule has 0 aliphatic rings. The van der Waals surface area contributed by atoms with E-state index >= 15 is 0 Å². The van der Waals surface area contributed by atoms with E-state index in [4.69, 9.17) is 10.5 Å². The van der Waals surface area contributed by atoms with Gasteiger partial charge in [0.15, 0.2) is 11.4 Å². The highest BCUT2D eigenvalue weighted by atomic mass is 32.1. The third-order valence-electron chi connectivity index (χ3n) is 2.16. The van der Waals surface area contributed by atoms with E-state index in [1.165, 1.54) is 22.7 Å². The largest absolute Gasteiger partial charge is 0.241 e. The summed E-state index contributed by atoms with van der Waals surface area (Å²) in [5, 5.41) is 22.0. The zero-order valence-corrected chi connectivity index (χ0v) is 11.9. The van der Waals surface area contributed by atoms with Crippen LogP contribution in [0.4, 0.5) is 0 Å². The van der Waals surface area contributed by atoms with E-state index in [1.54, 1.807) is 12.4 Å². The topological polar surface area (TPSA) is 72.3 Å². The molecule has 2 aromatic rings. The first-order chi connectivity index (χ1) is 9.83. The highest BCUT2D eigenvalue weighted by Crippen LogP contribution is 2.11. The number of hydrogen-bond donors (Lipinski definition) is 0. The average molecular weight is 296 g/mol. The second kappa shape index (κ2) is 7.15. The summed E-state index contributed by atoms with van der Waals surface area (Å²) in [6.07, 6.45) is 3.11. The minimum Gasteiger partial charge on any atom is -0.241 e. The van der Waals surface area contributed by atoms with E-state index in [0.29, 0.717) is 0 Å². The van der Waals surface area contributed by atoms with Crippen LogP contribution in [0.2, 0.25) is 0 Å². The van der Waals surface area contributed by atoms with E-state index in [0.717, 1.165) is 9.75 Å². The number of nitrogens with zero attached hydrogens (tertiary/aromatic N) is 4. The first kappa shape index (κ1) is 13.9. The summed E-state index contributed by atoms with van der Waals surface area (Å²) in [5.41, 5.74) is 0.0161. The van der Waals surface area contributed by atoms with E-state index in [2.05, 4.69) is 9.98 Å². The van der Waals surface area contributed by atoms with Crippen LogP contribution >= 0.6 is 22.7 Å². The van der Waals surface area contributed by atoms with Gasteiger partial charge < -0.3 is 0 Å². The molecule has 0 amide bonds. The molecule has 0 bridgehead atoms. The van der Waals surface area contributed by atoms with Crippen molar-refractivity contribution >= 4 is 35.1 Å². The fraction of sp³-hybridized carbons (Fsp3) is 0. The Bertz CT molecular complexity index is 659. The molecule has 2 heterocycles. The summed E-state index contributed by atoms with van der Waals surface area (Å²) >= 11 is 3.01. The standard InChI is InChI=1S/C14H8N4S2/c15-7-13(17-9-11-3-1-5-19-11)14(8-16)18-10-12-4-2-6-20-12/h1-6,9-10H/b14-13+,17-9?,18-10?. The molecule has 4 nitrogen and oxygen atoms in total. The van der Waals surface area contributed by atoms with Crippen LogP contribution in [0.25, 0.3) is 0 Å². The molecule has 0 radical (unpaired) electrons. The van der Waals surface area contributed by atoms with Crippen molar-refractivity contribution in [2.45, 2.75) is 0 Å². The van der Waals surface area contributed by atoms with Gasteiger partial charge in [0.1, 0.15) is 12.1 Å². The van der Waals surface area contributed by atoms with Gasteiger partial charge in [-0.1, -0.05) is 12.1 Å². The molecule has 0 spiro atoms. The summed E-state index contributed by atoms with van der Waals surface area (Å²) < 4.78 is 0. The van der Waals surface area contributed by atoms with Gasteiger partial charge in [-0.05, 0) is 22.9 Å². The molecule has 0 atom stereocenters. The Labute approximate surface area is 124 Å². The van der Waals surface area contributed by atoms with Crippen LogP contribution in [0, 0.1) is 22.7 Å². The molecule has 0 unspecified atom stereocenters. The summed E-state index contributed by atoms with van der Waals surface area (Å²) in [6, 6.07) is 11.3. The van der Waals surface area contributed by atoms with Crippen molar-refractivity contribution < 1.29 is 0 Å². The third-order valence-corrected chi connectivity index (χ3v) is 3.78. The van der Waals surface area contributed by atoms with Crippen LogP contribution < -0.4 is 0 Å². The molecule has 0 aliphatic heterocycles. The molecule has 20 heavy (non-hydrogen) atoms. The average Bonchev–Trinajstić information content (AvgIpc) is 3.15. The van der Waals surface area contributed by atoms with Crippen LogP contribution in [0.3, 0.4) is 0 Å². The van der Waals surface area contributed by atoms with Gasteiger partial charge in [0.2, 0.25) is 0 Å². The second-order valence-electron chi connectivity index (χ2n) is 3.47. The smallest absolute Gasteiger partial charge is 0.177 e. The van der Waals surface area contributed by atoms with Crippen LogP contribution in [0.5, 0.6) is 0 Å². The van der Waals surface area contributed by atoms with Gasteiger partial charge in [0.05, 0.1) is 0 Å². The van der Waals surface area contributed by atoms with Crippen molar-refractivity contribution in [3.05, 3.63) is 56.2 Å². The summed E-state index contributed by atoms with van der Waals surface area (Å²) in [7, 11) is 0. The monoisotopic (exact) mass is 296 g/mol. The molecule has 2 aromatic heterocycles. The van der Waals surface area contributed by atoms with Crippen molar-refractivity contribution in [3.63, 3.8) is 0 Å². The van der Waals surface area contributed by atoms with Crippen LogP contribution in [0.1, 0.15) is 9.75 Å². The quantitative estimate of drug-likeness (QED) is 0.638. The predicted octanol–water partition coefficient (Wildman–Crippen LogP) is 3.61. The van der Waals surface area contributed by atoms with E-state index in [1.807, 2.05) is 47.2 Å². The first-order valence-electron chi connectivity index (χ1n) is 5.53. The lowest BCUT2D eigenvalue weighted by atomic mass is 10.3. The maximum absolute atomic E-state index is 9.07. The number of nitriles is 2. The molecule has 2 rings (SSSR count). The Morgan fingerprint density at radius 1 is 0.900 bits per heavy atom. The summed E-state index contributed by atoms with van der Waals surface area (Å²) in [5.74, 6) is 0. The van der Waals surface area contributed by atoms with Gasteiger partial charge in [0, 0.05) is 22.2 Å². The lowest BCUT2D eigenvalue weighted by Crippen LogP contribution is -1.85. The van der Waals surface area contributed by atoms with Crippen molar-refractivity contribution in [3.8, 4) is 12.1 Å². The Morgan fingerprint density at radius 2 is 1.35 bits per heavy atom. The van der Waals surface area contributed by atoms with E-state index < -0.39 is 0 Å². The fourth-order valence-corrected chi connectivity index (χ4v) is 2.44. The molecule has 96 valence electrons. The van der Waals surface area contributed by atoms with Crippen LogP contribution in [0.15, 0.2) is 56.4 Å². The molecule has 0 aromatic carbocycles. The molecular weight excluding hydrogens is 288 g/mol. The zero-order chi connectivity index (χ0) is 14.2. The Kier molecular flexibility index (Phi) is 4.96. The maximum atomic E-state index is 9.07. The number of rotatable bonds is 4. The summed E-state index contributed by atoms with van der Waals surface area (Å²) in [4.78, 5) is 9.88. The molecule has 0 fully saturated rings. The lowest BCUT2D eigenvalue weighted by molar-refractivity contribution is 1.27. The summed E-state index contributed by atoms with van der Waals surface area (Å²) in [6.45, 7) is 0. The maximum Gasteiger partial charge on any atom is 0.177 e.